The molecule has 2 aromatic rings. The minimum absolute atomic E-state index is 0.0813. The number of aliphatic hydroxyl groups is 1. The van der Waals surface area contributed by atoms with E-state index in [-0.39, 0.29) is 28.7 Å². The van der Waals surface area contributed by atoms with E-state index in [2.05, 4.69) is 5.32 Å². The van der Waals surface area contributed by atoms with Crippen molar-refractivity contribution < 1.29 is 19.8 Å². The molecule has 6 heteroatoms. The average Bonchev–Trinajstić information content (AvgIpc) is 2.89. The molecule has 5 nitrogen and oxygen atoms in total. The summed E-state index contributed by atoms with van der Waals surface area (Å²) in [5.41, 5.74) is 2.65. The lowest BCUT2D eigenvalue weighted by Gasteiger charge is -2.06. The molecule has 1 aliphatic rings. The number of amides is 1. The number of carbonyl (C=O) groups is 2. The van der Waals surface area contributed by atoms with Crippen LogP contribution in [-0.2, 0) is 11.4 Å². The van der Waals surface area contributed by atoms with Gasteiger partial charge in [0.2, 0.25) is 0 Å². The second-order valence-corrected chi connectivity index (χ2v) is 5.44. The molecule has 0 atom stereocenters. The predicted molar refractivity (Wildman–Crippen MR) is 87.1 cm³/mol. The van der Waals surface area contributed by atoms with Crippen LogP contribution < -0.4 is 5.32 Å². The number of rotatable bonds is 3. The fraction of sp³-hybridized carbons (Fsp3) is 0.0588. The van der Waals surface area contributed by atoms with E-state index in [1.54, 1.807) is 30.3 Å². The average molecular weight is 330 g/mol. The van der Waals surface area contributed by atoms with Gasteiger partial charge in [-0.1, -0.05) is 35.9 Å². The zero-order chi connectivity index (χ0) is 16.6. The largest absolute Gasteiger partial charge is 0.478 e. The summed E-state index contributed by atoms with van der Waals surface area (Å²) in [7, 11) is 0. The zero-order valence-corrected chi connectivity index (χ0v) is 12.6. The van der Waals surface area contributed by atoms with Gasteiger partial charge in [0.15, 0.2) is 0 Å². The number of carboxylic acid groups (broad SMARTS) is 1. The molecule has 2 aromatic carbocycles. The highest BCUT2D eigenvalue weighted by Gasteiger charge is 2.28. The normalized spacial score (nSPS) is 15.1. The van der Waals surface area contributed by atoms with Gasteiger partial charge < -0.3 is 15.5 Å². The zero-order valence-electron chi connectivity index (χ0n) is 11.8. The number of hydrogen-bond acceptors (Lipinski definition) is 3. The Hall–Kier alpha value is -2.63. The molecule has 23 heavy (non-hydrogen) atoms. The molecule has 3 rings (SSSR count). The smallest absolute Gasteiger partial charge is 0.335 e. The first kappa shape index (κ1) is 15.3. The Kier molecular flexibility index (Phi) is 3.90. The van der Waals surface area contributed by atoms with E-state index in [1.165, 1.54) is 12.1 Å². The van der Waals surface area contributed by atoms with Crippen LogP contribution in [0.15, 0.2) is 42.5 Å². The summed E-state index contributed by atoms with van der Waals surface area (Å²) in [6.45, 7) is -0.0836. The van der Waals surface area contributed by atoms with E-state index < -0.39 is 5.97 Å². The Bertz CT molecular complexity index is 840. The van der Waals surface area contributed by atoms with Gasteiger partial charge in [-0.05, 0) is 29.3 Å². The Balaban J connectivity index is 2.13. The summed E-state index contributed by atoms with van der Waals surface area (Å²) in [5.74, 6) is -1.45. The first-order valence-electron chi connectivity index (χ1n) is 6.80. The number of carbonyl (C=O) groups excluding carboxylic acids is 1. The van der Waals surface area contributed by atoms with Crippen molar-refractivity contribution in [1.29, 1.82) is 0 Å². The maximum absolute atomic E-state index is 12.2. The molecule has 0 spiro atoms. The van der Waals surface area contributed by atoms with Crippen LogP contribution in [0.5, 0.6) is 0 Å². The van der Waals surface area contributed by atoms with Gasteiger partial charge >= 0.3 is 5.97 Å². The molecule has 3 N–H and O–H groups in total. The molecule has 1 heterocycles. The Labute approximate surface area is 136 Å². The number of benzene rings is 2. The maximum Gasteiger partial charge on any atom is 0.335 e. The van der Waals surface area contributed by atoms with E-state index in [9.17, 15) is 9.59 Å². The fourth-order valence-corrected chi connectivity index (χ4v) is 2.73. The predicted octanol–water partition coefficient (Wildman–Crippen LogP) is 2.94. The topological polar surface area (TPSA) is 86.6 Å². The van der Waals surface area contributed by atoms with Crippen molar-refractivity contribution in [3.05, 3.63) is 64.7 Å². The van der Waals surface area contributed by atoms with E-state index in [4.69, 9.17) is 21.8 Å². The first-order chi connectivity index (χ1) is 11.0. The highest BCUT2D eigenvalue weighted by molar-refractivity contribution is 6.59. The minimum atomic E-state index is -1.07. The second kappa shape index (κ2) is 5.87. The maximum atomic E-state index is 12.2. The monoisotopic (exact) mass is 329 g/mol. The lowest BCUT2D eigenvalue weighted by molar-refractivity contribution is -0.110. The molecule has 1 amide bonds. The van der Waals surface area contributed by atoms with E-state index in [0.29, 0.717) is 16.8 Å². The SMILES string of the molecule is O=C1Nc2ccc(C(=O)O)cc2/C1=C(/Cl)c1ccc(CO)cc1. The molecule has 1 aliphatic heterocycles. The molecule has 0 bridgehead atoms. The Morgan fingerprint density at radius 3 is 2.35 bits per heavy atom. The van der Waals surface area contributed by atoms with Crippen LogP contribution >= 0.6 is 11.6 Å². The van der Waals surface area contributed by atoms with E-state index >= 15 is 0 Å². The van der Waals surface area contributed by atoms with Crippen molar-refractivity contribution in [2.75, 3.05) is 5.32 Å². The molecule has 116 valence electrons. The highest BCUT2D eigenvalue weighted by Crippen LogP contribution is 2.39. The second-order valence-electron chi connectivity index (χ2n) is 5.06. The first-order valence-corrected chi connectivity index (χ1v) is 7.18. The van der Waals surface area contributed by atoms with Crippen molar-refractivity contribution in [2.45, 2.75) is 6.61 Å². The van der Waals surface area contributed by atoms with Crippen molar-refractivity contribution in [2.24, 2.45) is 0 Å². The molecule has 0 unspecified atom stereocenters. The molecule has 0 aromatic heterocycles. The highest BCUT2D eigenvalue weighted by atomic mass is 35.5. The van der Waals surface area contributed by atoms with Gasteiger partial charge in [0.25, 0.3) is 5.91 Å². The van der Waals surface area contributed by atoms with Crippen molar-refractivity contribution >= 4 is 39.8 Å². The summed E-state index contributed by atoms with van der Waals surface area (Å²) in [5, 5.41) is 21.1. The molecule has 0 aliphatic carbocycles. The summed E-state index contributed by atoms with van der Waals surface area (Å²) < 4.78 is 0. The number of hydrogen-bond donors (Lipinski definition) is 3. The molecule has 0 saturated heterocycles. The summed E-state index contributed by atoms with van der Waals surface area (Å²) in [6.07, 6.45) is 0. The summed E-state index contributed by atoms with van der Waals surface area (Å²) >= 11 is 6.37. The van der Waals surface area contributed by atoms with Crippen molar-refractivity contribution in [3.63, 3.8) is 0 Å². The van der Waals surface area contributed by atoms with Crippen LogP contribution in [0.2, 0.25) is 0 Å². The standard InChI is InChI=1S/C17H12ClNO4/c18-15(10-3-1-9(8-20)2-4-10)14-12-7-11(17(22)23)5-6-13(12)19-16(14)21/h1-7,20H,8H2,(H,19,21)(H,22,23)/b15-14-. The molecule has 0 fully saturated rings. The molecular weight excluding hydrogens is 318 g/mol. The van der Waals surface area contributed by atoms with Gasteiger partial charge in [0.05, 0.1) is 22.8 Å². The number of halogens is 1. The third-order valence-electron chi connectivity index (χ3n) is 3.62. The number of anilines is 1. The number of fused-ring (bicyclic) bond motifs is 1. The number of aliphatic hydroxyl groups excluding tert-OH is 1. The lowest BCUT2D eigenvalue weighted by atomic mass is 10.0. The fourth-order valence-electron chi connectivity index (χ4n) is 2.42. The van der Waals surface area contributed by atoms with Crippen molar-refractivity contribution in [1.82, 2.24) is 0 Å². The van der Waals surface area contributed by atoms with Crippen LogP contribution in [0.3, 0.4) is 0 Å². The Morgan fingerprint density at radius 1 is 1.09 bits per heavy atom. The van der Waals surface area contributed by atoms with Gasteiger partial charge in [-0.25, -0.2) is 4.79 Å². The van der Waals surface area contributed by atoms with Gasteiger partial charge in [0, 0.05) is 11.3 Å². The van der Waals surface area contributed by atoms with E-state index in [0.717, 1.165) is 5.56 Å². The number of nitrogens with one attached hydrogen (secondary N) is 1. The van der Waals surface area contributed by atoms with E-state index in [1.807, 2.05) is 0 Å². The quantitative estimate of drug-likeness (QED) is 0.756. The van der Waals surface area contributed by atoms with Gasteiger partial charge in [-0.15, -0.1) is 0 Å². The van der Waals surface area contributed by atoms with Gasteiger partial charge in [-0.3, -0.25) is 4.79 Å². The number of aromatic carboxylic acids is 1. The van der Waals surface area contributed by atoms with Crippen LogP contribution in [-0.4, -0.2) is 22.1 Å². The number of carboxylic acids is 1. The molecule has 0 saturated carbocycles. The minimum Gasteiger partial charge on any atom is -0.478 e. The van der Waals surface area contributed by atoms with Crippen LogP contribution in [0, 0.1) is 0 Å². The van der Waals surface area contributed by atoms with Gasteiger partial charge in [0.1, 0.15) is 0 Å². The van der Waals surface area contributed by atoms with Crippen LogP contribution in [0.4, 0.5) is 5.69 Å². The van der Waals surface area contributed by atoms with Crippen molar-refractivity contribution in [3.8, 4) is 0 Å². The molecule has 0 radical (unpaired) electrons. The summed E-state index contributed by atoms with van der Waals surface area (Å²) in [4.78, 5) is 23.3. The third-order valence-corrected chi connectivity index (χ3v) is 4.03. The van der Waals surface area contributed by atoms with Crippen LogP contribution in [0.1, 0.15) is 27.0 Å². The Morgan fingerprint density at radius 2 is 1.74 bits per heavy atom. The summed E-state index contributed by atoms with van der Waals surface area (Å²) in [6, 6.07) is 11.2. The van der Waals surface area contributed by atoms with Crippen LogP contribution in [0.25, 0.3) is 10.6 Å². The third kappa shape index (κ3) is 2.72. The van der Waals surface area contributed by atoms with Gasteiger partial charge in [-0.2, -0.15) is 0 Å². The molecular formula is C17H12ClNO4. The lowest BCUT2D eigenvalue weighted by Crippen LogP contribution is -2.04.